The zero-order valence-corrected chi connectivity index (χ0v) is 9.45. The Morgan fingerprint density at radius 3 is 2.43 bits per heavy atom. The van der Waals surface area contributed by atoms with Crippen LogP contribution >= 0.6 is 0 Å². The van der Waals surface area contributed by atoms with Crippen LogP contribution in [0.15, 0.2) is 48.5 Å². The molecule has 0 aromatic heterocycles. The van der Waals surface area contributed by atoms with E-state index in [-0.39, 0.29) is 9.52 Å². The molecule has 14 heavy (non-hydrogen) atoms. The van der Waals surface area contributed by atoms with Crippen LogP contribution in [0.4, 0.5) is 0 Å². The second-order valence-electron chi connectivity index (χ2n) is 3.81. The fraction of sp³-hybridized carbons (Fsp3) is 0.0769. The number of fused-ring (bicyclic) bond motifs is 3. The average Bonchev–Trinajstić information content (AvgIpc) is 2.29. The maximum Gasteiger partial charge on any atom is 0.0599 e. The Morgan fingerprint density at radius 1 is 0.786 bits per heavy atom. The van der Waals surface area contributed by atoms with E-state index < -0.39 is 0 Å². The molecule has 0 aliphatic carbocycles. The van der Waals surface area contributed by atoms with Gasteiger partial charge in [0.15, 0.2) is 0 Å². The molecule has 0 saturated heterocycles. The van der Waals surface area contributed by atoms with Gasteiger partial charge < -0.3 is 0 Å². The molecule has 2 aromatic carbocycles. The first kappa shape index (κ1) is 8.01. The van der Waals surface area contributed by atoms with Gasteiger partial charge in [-0.3, -0.25) is 0 Å². The van der Waals surface area contributed by atoms with Crippen LogP contribution in [-0.4, -0.2) is 9.52 Å². The molecule has 2 aromatic rings. The predicted octanol–water partition coefficient (Wildman–Crippen LogP) is 1.66. The fourth-order valence-electron chi connectivity index (χ4n) is 2.27. The summed E-state index contributed by atoms with van der Waals surface area (Å²) in [5.74, 6) is 0. The first-order chi connectivity index (χ1) is 6.95. The van der Waals surface area contributed by atoms with Gasteiger partial charge in [-0.05, 0) is 22.7 Å². The van der Waals surface area contributed by atoms with Crippen molar-refractivity contribution in [2.75, 3.05) is 0 Å². The molecule has 0 bridgehead atoms. The first-order valence-corrected chi connectivity index (χ1v) is 6.82. The quantitative estimate of drug-likeness (QED) is 0.562. The van der Waals surface area contributed by atoms with Gasteiger partial charge in [0.1, 0.15) is 0 Å². The summed E-state index contributed by atoms with van der Waals surface area (Å²) in [7, 11) is -0.0518. The molecule has 0 N–H and O–H groups in total. The molecule has 1 heteroatoms. The van der Waals surface area contributed by atoms with Gasteiger partial charge in [-0.2, -0.15) is 0 Å². The molecule has 0 amide bonds. The molecule has 3 rings (SSSR count). The summed E-state index contributed by atoms with van der Waals surface area (Å²) in [4.78, 5) is 0. The molecule has 0 nitrogen and oxygen atoms in total. The number of hydrogen-bond donors (Lipinski definition) is 0. The zero-order valence-electron chi connectivity index (χ0n) is 8.03. The normalized spacial score (nSPS) is 14.9. The Kier molecular flexibility index (Phi) is 1.77. The van der Waals surface area contributed by atoms with Crippen molar-refractivity contribution in [3.63, 3.8) is 0 Å². The lowest BCUT2D eigenvalue weighted by Gasteiger charge is -2.18. The zero-order chi connectivity index (χ0) is 9.38. The van der Waals surface area contributed by atoms with Crippen molar-refractivity contribution in [3.8, 4) is 11.1 Å². The van der Waals surface area contributed by atoms with E-state index in [0.29, 0.717) is 0 Å². The monoisotopic (exact) mass is 196 g/mol. The highest BCUT2D eigenvalue weighted by molar-refractivity contribution is 6.56. The van der Waals surface area contributed by atoms with Crippen molar-refractivity contribution in [2.45, 2.75) is 6.04 Å². The molecule has 1 aliphatic rings. The number of rotatable bonds is 0. The van der Waals surface area contributed by atoms with Crippen LogP contribution < -0.4 is 5.19 Å². The molecule has 0 atom stereocenters. The lowest BCUT2D eigenvalue weighted by molar-refractivity contribution is 1.37. The summed E-state index contributed by atoms with van der Waals surface area (Å²) in [5, 5.41) is 1.63. The Hall–Kier alpha value is -1.34. The Bertz CT molecular complexity index is 429. The minimum Gasteiger partial charge on any atom is -0.0631 e. The maximum absolute atomic E-state index is 2.30. The van der Waals surface area contributed by atoms with Gasteiger partial charge in [-0.25, -0.2) is 0 Å². The maximum atomic E-state index is 2.30. The van der Waals surface area contributed by atoms with Crippen molar-refractivity contribution in [1.82, 2.24) is 0 Å². The highest BCUT2D eigenvalue weighted by Gasteiger charge is 2.13. The van der Waals surface area contributed by atoms with Crippen LogP contribution in [-0.2, 0) is 6.04 Å². The second-order valence-corrected chi connectivity index (χ2v) is 5.58. The molecule has 68 valence electrons. The Labute approximate surface area is 86.4 Å². The minimum absolute atomic E-state index is 0.0518. The summed E-state index contributed by atoms with van der Waals surface area (Å²) in [5.41, 5.74) is 4.50. The summed E-state index contributed by atoms with van der Waals surface area (Å²) >= 11 is 0. The van der Waals surface area contributed by atoms with Gasteiger partial charge in [0.05, 0.1) is 9.52 Å². The highest BCUT2D eigenvalue weighted by atomic mass is 28.2. The lowest BCUT2D eigenvalue weighted by atomic mass is 10.00. The van der Waals surface area contributed by atoms with Gasteiger partial charge >= 0.3 is 0 Å². The van der Waals surface area contributed by atoms with Crippen LogP contribution in [0, 0.1) is 0 Å². The summed E-state index contributed by atoms with van der Waals surface area (Å²) in [6.07, 6.45) is 0. The van der Waals surface area contributed by atoms with E-state index in [1.807, 2.05) is 0 Å². The Balaban J connectivity index is 2.29. The van der Waals surface area contributed by atoms with E-state index in [4.69, 9.17) is 0 Å². The molecule has 0 fully saturated rings. The molecule has 0 spiro atoms. The number of hydrogen-bond acceptors (Lipinski definition) is 0. The third kappa shape index (κ3) is 1.13. The van der Waals surface area contributed by atoms with E-state index in [9.17, 15) is 0 Å². The summed E-state index contributed by atoms with van der Waals surface area (Å²) in [6, 6.07) is 19.0. The molecule has 1 aliphatic heterocycles. The summed E-state index contributed by atoms with van der Waals surface area (Å²) in [6.45, 7) is 0. The van der Waals surface area contributed by atoms with Crippen LogP contribution in [0.1, 0.15) is 5.56 Å². The SMILES string of the molecule is c1ccc2c(c1)C[SiH2]c1ccccc1-2. The van der Waals surface area contributed by atoms with Gasteiger partial charge in [0.25, 0.3) is 0 Å². The molecular weight excluding hydrogens is 184 g/mol. The van der Waals surface area contributed by atoms with E-state index in [0.717, 1.165) is 0 Å². The standard InChI is InChI=1S/C13H12Si/c1-2-6-11-10(5-1)9-14-13-8-4-3-7-12(11)13/h1-8H,9,14H2. The lowest BCUT2D eigenvalue weighted by Crippen LogP contribution is -2.23. The second kappa shape index (κ2) is 3.10. The first-order valence-electron chi connectivity index (χ1n) is 5.11. The number of benzene rings is 2. The van der Waals surface area contributed by atoms with Gasteiger partial charge in [-0.1, -0.05) is 53.7 Å². The van der Waals surface area contributed by atoms with Crippen molar-refractivity contribution >= 4 is 14.7 Å². The van der Waals surface area contributed by atoms with Crippen molar-refractivity contribution in [1.29, 1.82) is 0 Å². The van der Waals surface area contributed by atoms with E-state index >= 15 is 0 Å². The van der Waals surface area contributed by atoms with E-state index in [2.05, 4.69) is 48.5 Å². The van der Waals surface area contributed by atoms with Crippen LogP contribution in [0.3, 0.4) is 0 Å². The smallest absolute Gasteiger partial charge is 0.0599 e. The average molecular weight is 196 g/mol. The van der Waals surface area contributed by atoms with E-state index in [1.54, 1.807) is 10.8 Å². The van der Waals surface area contributed by atoms with Crippen LogP contribution in [0.2, 0.25) is 0 Å². The van der Waals surface area contributed by atoms with E-state index in [1.165, 1.54) is 17.2 Å². The third-order valence-electron chi connectivity index (χ3n) is 2.99. The van der Waals surface area contributed by atoms with Crippen molar-refractivity contribution in [3.05, 3.63) is 54.1 Å². The largest absolute Gasteiger partial charge is 0.0631 e. The van der Waals surface area contributed by atoms with Crippen LogP contribution in [0.25, 0.3) is 11.1 Å². The Morgan fingerprint density at radius 2 is 1.50 bits per heavy atom. The third-order valence-corrected chi connectivity index (χ3v) is 4.93. The molecule has 0 saturated carbocycles. The molecule has 0 unspecified atom stereocenters. The van der Waals surface area contributed by atoms with Crippen molar-refractivity contribution in [2.24, 2.45) is 0 Å². The van der Waals surface area contributed by atoms with Crippen molar-refractivity contribution < 1.29 is 0 Å². The van der Waals surface area contributed by atoms with Gasteiger partial charge in [-0.15, -0.1) is 0 Å². The topological polar surface area (TPSA) is 0 Å². The van der Waals surface area contributed by atoms with Crippen LogP contribution in [0.5, 0.6) is 0 Å². The predicted molar refractivity (Wildman–Crippen MR) is 63.8 cm³/mol. The molecule has 1 heterocycles. The highest BCUT2D eigenvalue weighted by Crippen LogP contribution is 2.25. The molecular formula is C13H12Si. The minimum atomic E-state index is -0.0518. The molecule has 0 radical (unpaired) electrons. The summed E-state index contributed by atoms with van der Waals surface area (Å²) < 4.78 is 0. The fourth-order valence-corrected chi connectivity index (χ4v) is 4.13. The van der Waals surface area contributed by atoms with Gasteiger partial charge in [0.2, 0.25) is 0 Å². The van der Waals surface area contributed by atoms with Gasteiger partial charge in [0, 0.05) is 0 Å².